The third-order valence-electron chi connectivity index (χ3n) is 4.67. The van der Waals surface area contributed by atoms with Crippen LogP contribution < -0.4 is 5.32 Å². The minimum Gasteiger partial charge on any atom is -0.467 e. The Balaban J connectivity index is 1.53. The van der Waals surface area contributed by atoms with Crippen molar-refractivity contribution in [2.75, 3.05) is 13.1 Å². The number of furan rings is 1. The zero-order chi connectivity index (χ0) is 18.7. The fraction of sp³-hybridized carbons (Fsp3) is 0.526. The summed E-state index contributed by atoms with van der Waals surface area (Å²) in [5, 5.41) is 3.91. The second-order valence-corrected chi connectivity index (χ2v) is 8.02. The van der Waals surface area contributed by atoms with Gasteiger partial charge in [-0.25, -0.2) is 4.98 Å². The number of aryl methyl sites for hydroxylation is 1. The van der Waals surface area contributed by atoms with E-state index in [1.54, 1.807) is 12.3 Å². The number of rotatable bonds is 5. The quantitative estimate of drug-likeness (QED) is 0.870. The Bertz CT molecular complexity index is 759. The van der Waals surface area contributed by atoms with Gasteiger partial charge in [-0.05, 0) is 31.9 Å². The van der Waals surface area contributed by atoms with Crippen molar-refractivity contribution in [3.63, 3.8) is 0 Å². The second kappa shape index (κ2) is 8.03. The highest BCUT2D eigenvalue weighted by atomic mass is 32.1. The summed E-state index contributed by atoms with van der Waals surface area (Å²) in [7, 11) is 0. The molecular formula is C19H25N3O3S. The summed E-state index contributed by atoms with van der Waals surface area (Å²) in [6, 6.07) is 3.64. The van der Waals surface area contributed by atoms with Gasteiger partial charge in [-0.2, -0.15) is 0 Å². The van der Waals surface area contributed by atoms with Crippen LogP contribution in [0, 0.1) is 12.8 Å². The Labute approximate surface area is 157 Å². The van der Waals surface area contributed by atoms with Gasteiger partial charge in [0.05, 0.1) is 23.5 Å². The molecule has 2 aromatic heterocycles. The summed E-state index contributed by atoms with van der Waals surface area (Å²) >= 11 is 1.49. The molecule has 2 aromatic rings. The number of carbonyl (C=O) groups excluding carboxylic acids is 2. The van der Waals surface area contributed by atoms with Crippen LogP contribution in [0.1, 0.15) is 58.7 Å². The molecule has 0 spiro atoms. The lowest BCUT2D eigenvalue weighted by molar-refractivity contribution is -0.126. The predicted molar refractivity (Wildman–Crippen MR) is 100 cm³/mol. The normalized spacial score (nSPS) is 15.5. The van der Waals surface area contributed by atoms with Crippen molar-refractivity contribution in [3.05, 3.63) is 39.7 Å². The van der Waals surface area contributed by atoms with Gasteiger partial charge in [-0.1, -0.05) is 13.8 Å². The SMILES string of the molecule is Cc1nc(C(C)C)sc1C(=O)N1CCC(C(=O)NCc2ccco2)CC1. The van der Waals surface area contributed by atoms with Gasteiger partial charge < -0.3 is 14.6 Å². The van der Waals surface area contributed by atoms with E-state index in [9.17, 15) is 9.59 Å². The van der Waals surface area contributed by atoms with E-state index in [1.807, 2.05) is 17.9 Å². The molecule has 6 nitrogen and oxygen atoms in total. The second-order valence-electron chi connectivity index (χ2n) is 6.98. The average Bonchev–Trinajstić information content (AvgIpc) is 3.29. The van der Waals surface area contributed by atoms with Crippen LogP contribution in [0.3, 0.4) is 0 Å². The fourth-order valence-electron chi connectivity index (χ4n) is 3.08. The molecule has 0 saturated carbocycles. The fourth-order valence-corrected chi connectivity index (χ4v) is 4.12. The van der Waals surface area contributed by atoms with Crippen LogP contribution >= 0.6 is 11.3 Å². The molecular weight excluding hydrogens is 350 g/mol. The molecule has 140 valence electrons. The van der Waals surface area contributed by atoms with Gasteiger partial charge in [0.25, 0.3) is 5.91 Å². The highest BCUT2D eigenvalue weighted by Crippen LogP contribution is 2.27. The minimum absolute atomic E-state index is 0.0320. The number of nitrogens with one attached hydrogen (secondary N) is 1. The van der Waals surface area contributed by atoms with E-state index in [1.165, 1.54) is 11.3 Å². The Morgan fingerprint density at radius 1 is 1.38 bits per heavy atom. The number of likely N-dealkylation sites (tertiary alicyclic amines) is 1. The first-order valence-electron chi connectivity index (χ1n) is 9.02. The maximum absolute atomic E-state index is 12.8. The van der Waals surface area contributed by atoms with Gasteiger partial charge in [-0.15, -0.1) is 11.3 Å². The molecule has 0 aromatic carbocycles. The number of hydrogen-bond acceptors (Lipinski definition) is 5. The average molecular weight is 375 g/mol. The summed E-state index contributed by atoms with van der Waals surface area (Å²) in [6.07, 6.45) is 2.97. The lowest BCUT2D eigenvalue weighted by Gasteiger charge is -2.31. The lowest BCUT2D eigenvalue weighted by atomic mass is 9.95. The van der Waals surface area contributed by atoms with Crippen molar-refractivity contribution < 1.29 is 14.0 Å². The zero-order valence-corrected chi connectivity index (χ0v) is 16.3. The van der Waals surface area contributed by atoms with E-state index in [2.05, 4.69) is 24.1 Å². The summed E-state index contributed by atoms with van der Waals surface area (Å²) in [5.74, 6) is 1.09. The van der Waals surface area contributed by atoms with E-state index in [-0.39, 0.29) is 17.7 Å². The third-order valence-corrected chi connectivity index (χ3v) is 6.12. The monoisotopic (exact) mass is 375 g/mol. The Morgan fingerprint density at radius 3 is 2.69 bits per heavy atom. The Kier molecular flexibility index (Phi) is 5.76. The van der Waals surface area contributed by atoms with E-state index in [4.69, 9.17) is 4.42 Å². The molecule has 1 saturated heterocycles. The molecule has 0 radical (unpaired) electrons. The maximum Gasteiger partial charge on any atom is 0.265 e. The first kappa shape index (κ1) is 18.6. The molecule has 1 fully saturated rings. The highest BCUT2D eigenvalue weighted by Gasteiger charge is 2.29. The molecule has 3 heterocycles. The number of piperidine rings is 1. The van der Waals surface area contributed by atoms with Gasteiger partial charge in [0.2, 0.25) is 5.91 Å². The number of carbonyl (C=O) groups is 2. The molecule has 7 heteroatoms. The predicted octanol–water partition coefficient (Wildman–Crippen LogP) is 3.34. The van der Waals surface area contributed by atoms with Crippen LogP contribution in [0.2, 0.25) is 0 Å². The molecule has 0 bridgehead atoms. The van der Waals surface area contributed by atoms with Crippen LogP contribution in [-0.4, -0.2) is 34.8 Å². The molecule has 0 aliphatic carbocycles. The van der Waals surface area contributed by atoms with Gasteiger partial charge in [0.1, 0.15) is 10.6 Å². The van der Waals surface area contributed by atoms with E-state index < -0.39 is 0 Å². The maximum atomic E-state index is 12.8. The number of thiazole rings is 1. The molecule has 0 atom stereocenters. The van der Waals surface area contributed by atoms with E-state index in [0.29, 0.717) is 38.4 Å². The van der Waals surface area contributed by atoms with Crippen molar-refractivity contribution in [2.45, 2.75) is 46.1 Å². The topological polar surface area (TPSA) is 75.4 Å². The number of amides is 2. The first-order valence-corrected chi connectivity index (χ1v) is 9.84. The van der Waals surface area contributed by atoms with E-state index in [0.717, 1.165) is 21.3 Å². The molecule has 0 unspecified atom stereocenters. The van der Waals surface area contributed by atoms with Gasteiger partial charge in [0, 0.05) is 24.9 Å². The minimum atomic E-state index is -0.0530. The van der Waals surface area contributed by atoms with Gasteiger partial charge in [0.15, 0.2) is 0 Å². The van der Waals surface area contributed by atoms with Crippen LogP contribution in [0.25, 0.3) is 0 Å². The smallest absolute Gasteiger partial charge is 0.265 e. The van der Waals surface area contributed by atoms with Gasteiger partial charge >= 0.3 is 0 Å². The Hall–Kier alpha value is -2.15. The van der Waals surface area contributed by atoms with Crippen molar-refractivity contribution in [1.82, 2.24) is 15.2 Å². The van der Waals surface area contributed by atoms with Crippen molar-refractivity contribution >= 4 is 23.2 Å². The molecule has 1 N–H and O–H groups in total. The molecule has 2 amide bonds. The van der Waals surface area contributed by atoms with E-state index >= 15 is 0 Å². The van der Waals surface area contributed by atoms with Crippen molar-refractivity contribution in [2.24, 2.45) is 5.92 Å². The molecule has 1 aliphatic heterocycles. The van der Waals surface area contributed by atoms with Crippen LogP contribution in [0.4, 0.5) is 0 Å². The van der Waals surface area contributed by atoms with Crippen LogP contribution in [0.5, 0.6) is 0 Å². The van der Waals surface area contributed by atoms with Gasteiger partial charge in [-0.3, -0.25) is 9.59 Å². The molecule has 1 aliphatic rings. The Morgan fingerprint density at radius 2 is 2.12 bits per heavy atom. The standard InChI is InChI=1S/C19H25N3O3S/c1-12(2)18-21-13(3)16(26-18)19(24)22-8-6-14(7-9-22)17(23)20-11-15-5-4-10-25-15/h4-5,10,12,14H,6-9,11H2,1-3H3,(H,20,23). The zero-order valence-electron chi connectivity index (χ0n) is 15.4. The number of hydrogen-bond donors (Lipinski definition) is 1. The summed E-state index contributed by atoms with van der Waals surface area (Å²) in [6.45, 7) is 7.67. The summed E-state index contributed by atoms with van der Waals surface area (Å²) < 4.78 is 5.23. The third kappa shape index (κ3) is 4.15. The summed E-state index contributed by atoms with van der Waals surface area (Å²) in [5.41, 5.74) is 0.807. The highest BCUT2D eigenvalue weighted by molar-refractivity contribution is 7.13. The summed E-state index contributed by atoms with van der Waals surface area (Å²) in [4.78, 5) is 32.2. The number of nitrogens with zero attached hydrogens (tertiary/aromatic N) is 2. The van der Waals surface area contributed by atoms with Crippen LogP contribution in [0.15, 0.2) is 22.8 Å². The molecule has 3 rings (SSSR count). The largest absolute Gasteiger partial charge is 0.467 e. The van der Waals surface area contributed by atoms with Crippen molar-refractivity contribution in [1.29, 1.82) is 0 Å². The first-order chi connectivity index (χ1) is 12.5. The number of aromatic nitrogens is 1. The van der Waals surface area contributed by atoms with Crippen molar-refractivity contribution in [3.8, 4) is 0 Å². The lowest BCUT2D eigenvalue weighted by Crippen LogP contribution is -2.42. The molecule has 26 heavy (non-hydrogen) atoms. The van der Waals surface area contributed by atoms with Crippen LogP contribution in [-0.2, 0) is 11.3 Å².